The summed E-state index contributed by atoms with van der Waals surface area (Å²) in [6, 6.07) is 5.50. The third-order valence-electron chi connectivity index (χ3n) is 3.07. The SMILES string of the molecule is C=CCN1C(=O)NC(=O)/C(=C\c2ccccc2OCC(=O)O)C1=O. The number of aliphatic carboxylic acids is 1. The Balaban J connectivity index is 2.37. The zero-order valence-corrected chi connectivity index (χ0v) is 12.5. The number of hydrogen-bond acceptors (Lipinski definition) is 5. The molecule has 8 heteroatoms. The minimum absolute atomic E-state index is 0.0492. The van der Waals surface area contributed by atoms with E-state index in [2.05, 4.69) is 11.9 Å². The Morgan fingerprint density at radius 3 is 2.67 bits per heavy atom. The Morgan fingerprint density at radius 2 is 2.00 bits per heavy atom. The van der Waals surface area contributed by atoms with Crippen LogP contribution in [0, 0.1) is 0 Å². The molecule has 0 bridgehead atoms. The average Bonchev–Trinajstić information content (AvgIpc) is 2.54. The van der Waals surface area contributed by atoms with Gasteiger partial charge in [0.1, 0.15) is 11.3 Å². The molecule has 8 nitrogen and oxygen atoms in total. The number of benzene rings is 1. The highest BCUT2D eigenvalue weighted by Crippen LogP contribution is 2.23. The van der Waals surface area contributed by atoms with Gasteiger partial charge in [0.15, 0.2) is 6.61 Å². The smallest absolute Gasteiger partial charge is 0.341 e. The van der Waals surface area contributed by atoms with Crippen molar-refractivity contribution in [2.24, 2.45) is 0 Å². The zero-order chi connectivity index (χ0) is 17.7. The lowest BCUT2D eigenvalue weighted by molar-refractivity contribution is -0.139. The van der Waals surface area contributed by atoms with Gasteiger partial charge in [-0.2, -0.15) is 0 Å². The summed E-state index contributed by atoms with van der Waals surface area (Å²) in [6.07, 6.45) is 2.60. The van der Waals surface area contributed by atoms with Crippen LogP contribution in [0.2, 0.25) is 0 Å². The topological polar surface area (TPSA) is 113 Å². The van der Waals surface area contributed by atoms with Crippen LogP contribution in [-0.2, 0) is 14.4 Å². The fourth-order valence-corrected chi connectivity index (χ4v) is 2.02. The Bertz CT molecular complexity index is 753. The molecule has 0 radical (unpaired) electrons. The van der Waals surface area contributed by atoms with Gasteiger partial charge in [0.05, 0.1) is 0 Å². The molecule has 1 aromatic carbocycles. The molecule has 1 aliphatic rings. The Labute approximate surface area is 137 Å². The van der Waals surface area contributed by atoms with E-state index in [-0.39, 0.29) is 17.9 Å². The highest BCUT2D eigenvalue weighted by atomic mass is 16.5. The van der Waals surface area contributed by atoms with Crippen LogP contribution < -0.4 is 10.1 Å². The number of ether oxygens (including phenoxy) is 1. The number of para-hydroxylation sites is 1. The van der Waals surface area contributed by atoms with E-state index in [0.717, 1.165) is 4.90 Å². The first-order valence-electron chi connectivity index (χ1n) is 6.87. The van der Waals surface area contributed by atoms with Gasteiger partial charge in [0.25, 0.3) is 11.8 Å². The minimum Gasteiger partial charge on any atom is -0.481 e. The normalized spacial score (nSPS) is 16.1. The molecule has 1 fully saturated rings. The quantitative estimate of drug-likeness (QED) is 0.453. The number of barbiturate groups is 1. The molecule has 24 heavy (non-hydrogen) atoms. The monoisotopic (exact) mass is 330 g/mol. The molecule has 0 aromatic heterocycles. The number of carboxylic acid groups (broad SMARTS) is 1. The average molecular weight is 330 g/mol. The lowest BCUT2D eigenvalue weighted by atomic mass is 10.1. The molecule has 4 amide bonds. The highest BCUT2D eigenvalue weighted by molar-refractivity contribution is 6.31. The van der Waals surface area contributed by atoms with E-state index >= 15 is 0 Å². The second-order valence-electron chi connectivity index (χ2n) is 4.74. The van der Waals surface area contributed by atoms with E-state index in [1.54, 1.807) is 18.2 Å². The van der Waals surface area contributed by atoms with Gasteiger partial charge in [-0.3, -0.25) is 19.8 Å². The molecule has 1 saturated heterocycles. The van der Waals surface area contributed by atoms with Gasteiger partial charge in [-0.15, -0.1) is 6.58 Å². The number of nitrogens with zero attached hydrogens (tertiary/aromatic N) is 1. The second-order valence-corrected chi connectivity index (χ2v) is 4.74. The second kappa shape index (κ2) is 7.23. The molecule has 1 aromatic rings. The number of carbonyl (C=O) groups is 4. The van der Waals surface area contributed by atoms with Gasteiger partial charge in [-0.25, -0.2) is 9.59 Å². The van der Waals surface area contributed by atoms with Crippen molar-refractivity contribution in [3.05, 3.63) is 48.1 Å². The van der Waals surface area contributed by atoms with Crippen molar-refractivity contribution in [3.63, 3.8) is 0 Å². The van der Waals surface area contributed by atoms with E-state index < -0.39 is 30.4 Å². The summed E-state index contributed by atoms with van der Waals surface area (Å²) in [5.74, 6) is -2.57. The van der Waals surface area contributed by atoms with E-state index in [0.29, 0.717) is 5.56 Å². The lowest BCUT2D eigenvalue weighted by Gasteiger charge is -2.25. The Hall–Kier alpha value is -3.42. The van der Waals surface area contributed by atoms with E-state index in [4.69, 9.17) is 9.84 Å². The molecular weight excluding hydrogens is 316 g/mol. The summed E-state index contributed by atoms with van der Waals surface area (Å²) in [5.41, 5.74) is 0.0768. The largest absolute Gasteiger partial charge is 0.481 e. The fraction of sp³-hybridized carbons (Fsp3) is 0.125. The van der Waals surface area contributed by atoms with E-state index in [1.165, 1.54) is 18.2 Å². The molecule has 0 spiro atoms. The molecule has 0 unspecified atom stereocenters. The van der Waals surface area contributed by atoms with Crippen molar-refractivity contribution < 1.29 is 29.0 Å². The summed E-state index contributed by atoms with van der Waals surface area (Å²) in [5, 5.41) is 10.7. The van der Waals surface area contributed by atoms with Crippen LogP contribution in [0.3, 0.4) is 0 Å². The summed E-state index contributed by atoms with van der Waals surface area (Å²) in [4.78, 5) is 47.4. The maximum Gasteiger partial charge on any atom is 0.341 e. The molecule has 2 rings (SSSR count). The molecule has 124 valence electrons. The van der Waals surface area contributed by atoms with Gasteiger partial charge in [-0.1, -0.05) is 24.3 Å². The first-order chi connectivity index (χ1) is 11.4. The maximum absolute atomic E-state index is 12.3. The van der Waals surface area contributed by atoms with E-state index in [9.17, 15) is 19.2 Å². The predicted molar refractivity (Wildman–Crippen MR) is 83.0 cm³/mol. The number of carbonyl (C=O) groups excluding carboxylic acids is 3. The summed E-state index contributed by atoms with van der Waals surface area (Å²) in [6.45, 7) is 2.84. The van der Waals surface area contributed by atoms with Crippen LogP contribution in [0.4, 0.5) is 4.79 Å². The molecule has 0 atom stereocenters. The number of imide groups is 2. The first-order valence-corrected chi connectivity index (χ1v) is 6.87. The van der Waals surface area contributed by atoms with Gasteiger partial charge in [0.2, 0.25) is 0 Å². The van der Waals surface area contributed by atoms with Crippen LogP contribution in [0.5, 0.6) is 5.75 Å². The summed E-state index contributed by atoms with van der Waals surface area (Å²) < 4.78 is 5.12. The predicted octanol–water partition coefficient (Wildman–Crippen LogP) is 0.798. The highest BCUT2D eigenvalue weighted by Gasteiger charge is 2.35. The standard InChI is InChI=1S/C16H14N2O6/c1-2-7-18-15(22)11(14(21)17-16(18)23)8-10-5-3-4-6-12(10)24-9-13(19)20/h2-6,8H,1,7,9H2,(H,19,20)(H,17,21,23)/b11-8+. The molecule has 2 N–H and O–H groups in total. The third kappa shape index (κ3) is 3.67. The van der Waals surface area contributed by atoms with Crippen molar-refractivity contribution in [2.75, 3.05) is 13.2 Å². The number of carboxylic acids is 1. The third-order valence-corrected chi connectivity index (χ3v) is 3.07. The maximum atomic E-state index is 12.3. The van der Waals surface area contributed by atoms with Crippen molar-refractivity contribution in [1.29, 1.82) is 0 Å². The van der Waals surface area contributed by atoms with Crippen LogP contribution >= 0.6 is 0 Å². The van der Waals surface area contributed by atoms with Crippen LogP contribution in [0.15, 0.2) is 42.5 Å². The van der Waals surface area contributed by atoms with Crippen molar-refractivity contribution in [2.45, 2.75) is 0 Å². The van der Waals surface area contributed by atoms with Gasteiger partial charge >= 0.3 is 12.0 Å². The number of urea groups is 1. The van der Waals surface area contributed by atoms with Gasteiger partial charge < -0.3 is 9.84 Å². The molecule has 1 heterocycles. The number of amides is 4. The molecule has 0 aliphatic carbocycles. The molecule has 1 aliphatic heterocycles. The zero-order valence-electron chi connectivity index (χ0n) is 12.5. The molecular formula is C16H14N2O6. The lowest BCUT2D eigenvalue weighted by Crippen LogP contribution is -2.54. The van der Waals surface area contributed by atoms with Crippen LogP contribution in [0.25, 0.3) is 6.08 Å². The summed E-state index contributed by atoms with van der Waals surface area (Å²) in [7, 11) is 0. The summed E-state index contributed by atoms with van der Waals surface area (Å²) >= 11 is 0. The number of rotatable bonds is 6. The van der Waals surface area contributed by atoms with Crippen molar-refractivity contribution in [1.82, 2.24) is 10.2 Å². The van der Waals surface area contributed by atoms with Crippen molar-refractivity contribution >= 4 is 29.9 Å². The van der Waals surface area contributed by atoms with E-state index in [1.807, 2.05) is 0 Å². The van der Waals surface area contributed by atoms with Gasteiger partial charge in [0, 0.05) is 12.1 Å². The fourth-order valence-electron chi connectivity index (χ4n) is 2.02. The Morgan fingerprint density at radius 1 is 1.29 bits per heavy atom. The van der Waals surface area contributed by atoms with Crippen LogP contribution in [0.1, 0.15) is 5.56 Å². The van der Waals surface area contributed by atoms with Gasteiger partial charge in [-0.05, 0) is 12.1 Å². The van der Waals surface area contributed by atoms with Crippen LogP contribution in [-0.4, -0.2) is 47.0 Å². The van der Waals surface area contributed by atoms with Crippen molar-refractivity contribution in [3.8, 4) is 5.75 Å². The number of nitrogens with one attached hydrogen (secondary N) is 1. The minimum atomic E-state index is -1.16. The first kappa shape index (κ1) is 16.9. The Kier molecular flexibility index (Phi) is 5.10. The number of hydrogen-bond donors (Lipinski definition) is 2. The molecule has 0 saturated carbocycles.